The van der Waals surface area contributed by atoms with Crippen molar-refractivity contribution >= 4 is 28.4 Å². The highest BCUT2D eigenvalue weighted by Gasteiger charge is 2.27. The third-order valence-electron chi connectivity index (χ3n) is 5.84. The van der Waals surface area contributed by atoms with Crippen molar-refractivity contribution in [1.82, 2.24) is 14.5 Å². The van der Waals surface area contributed by atoms with Crippen LogP contribution in [0.2, 0.25) is 5.02 Å². The molecule has 3 rings (SSSR count). The second-order valence-electron chi connectivity index (χ2n) is 9.65. The highest BCUT2D eigenvalue weighted by atomic mass is 35.5. The molecule has 3 aromatic rings. The molecule has 5 nitrogen and oxygen atoms in total. The summed E-state index contributed by atoms with van der Waals surface area (Å²) < 4.78 is 1.64. The van der Waals surface area contributed by atoms with E-state index in [1.54, 1.807) is 22.8 Å². The minimum atomic E-state index is -0.382. The van der Waals surface area contributed by atoms with Gasteiger partial charge in [-0.1, -0.05) is 57.0 Å². The van der Waals surface area contributed by atoms with Gasteiger partial charge in [-0.05, 0) is 62.4 Å². The molecule has 0 aliphatic heterocycles. The minimum absolute atomic E-state index is 0.0778. The normalized spacial score (nSPS) is 12.5. The van der Waals surface area contributed by atoms with Crippen molar-refractivity contribution in [3.05, 3.63) is 69.2 Å². The van der Waals surface area contributed by atoms with E-state index in [1.165, 1.54) is 0 Å². The maximum Gasteiger partial charge on any atom is 0.266 e. The van der Waals surface area contributed by atoms with Gasteiger partial charge in [0, 0.05) is 18.0 Å². The SMILES string of the molecule is Cc1ccc(-n2c(C(C)N(CCC(C)C)C(=O)CC(C)C)nc3cc(Cl)ccc3c2=O)cc1. The molecule has 33 heavy (non-hydrogen) atoms. The van der Waals surface area contributed by atoms with Crippen LogP contribution in [0.1, 0.15) is 64.9 Å². The molecule has 0 aliphatic carbocycles. The molecule has 0 saturated carbocycles. The molecule has 1 heterocycles. The Morgan fingerprint density at radius 2 is 1.70 bits per heavy atom. The number of hydrogen-bond donors (Lipinski definition) is 0. The lowest BCUT2D eigenvalue weighted by molar-refractivity contribution is -0.134. The van der Waals surface area contributed by atoms with E-state index >= 15 is 0 Å². The van der Waals surface area contributed by atoms with Gasteiger partial charge in [0.05, 0.1) is 22.6 Å². The molecular formula is C27H34ClN3O2. The van der Waals surface area contributed by atoms with Gasteiger partial charge in [0.2, 0.25) is 5.91 Å². The lowest BCUT2D eigenvalue weighted by Crippen LogP contribution is -2.39. The summed E-state index contributed by atoms with van der Waals surface area (Å²) in [4.78, 5) is 33.7. The number of carbonyl (C=O) groups is 1. The van der Waals surface area contributed by atoms with Crippen LogP contribution in [0.25, 0.3) is 16.6 Å². The van der Waals surface area contributed by atoms with E-state index in [1.807, 2.05) is 56.9 Å². The van der Waals surface area contributed by atoms with Gasteiger partial charge in [0.1, 0.15) is 5.82 Å². The van der Waals surface area contributed by atoms with Crippen molar-refractivity contribution < 1.29 is 4.79 Å². The second kappa shape index (κ2) is 10.5. The Bertz CT molecular complexity index is 1180. The second-order valence-corrected chi connectivity index (χ2v) is 10.1. The third kappa shape index (κ3) is 5.83. The zero-order valence-corrected chi connectivity index (χ0v) is 21.2. The molecule has 1 aromatic heterocycles. The molecule has 0 bridgehead atoms. The van der Waals surface area contributed by atoms with Crippen LogP contribution in [0.4, 0.5) is 0 Å². The Kier molecular flexibility index (Phi) is 7.96. The monoisotopic (exact) mass is 467 g/mol. The van der Waals surface area contributed by atoms with Crippen LogP contribution in [0, 0.1) is 18.8 Å². The molecule has 6 heteroatoms. The third-order valence-corrected chi connectivity index (χ3v) is 6.08. The zero-order valence-electron chi connectivity index (χ0n) is 20.4. The van der Waals surface area contributed by atoms with E-state index in [4.69, 9.17) is 16.6 Å². The zero-order chi connectivity index (χ0) is 24.3. The maximum absolute atomic E-state index is 13.7. The van der Waals surface area contributed by atoms with Crippen molar-refractivity contribution in [3.63, 3.8) is 0 Å². The summed E-state index contributed by atoms with van der Waals surface area (Å²) in [6, 6.07) is 12.5. The summed E-state index contributed by atoms with van der Waals surface area (Å²) in [6.45, 7) is 13.0. The molecule has 0 N–H and O–H groups in total. The first kappa shape index (κ1) is 25.0. The molecule has 0 fully saturated rings. The summed E-state index contributed by atoms with van der Waals surface area (Å²) in [5, 5.41) is 1.02. The van der Waals surface area contributed by atoms with Gasteiger partial charge in [0.25, 0.3) is 5.56 Å². The minimum Gasteiger partial charge on any atom is -0.333 e. The molecule has 1 unspecified atom stereocenters. The van der Waals surface area contributed by atoms with Crippen molar-refractivity contribution in [1.29, 1.82) is 0 Å². The van der Waals surface area contributed by atoms with E-state index < -0.39 is 0 Å². The first-order valence-electron chi connectivity index (χ1n) is 11.7. The average molecular weight is 468 g/mol. The summed E-state index contributed by atoms with van der Waals surface area (Å²) in [7, 11) is 0. The maximum atomic E-state index is 13.7. The molecule has 0 radical (unpaired) electrons. The first-order chi connectivity index (χ1) is 15.6. The van der Waals surface area contributed by atoms with Crippen molar-refractivity contribution in [2.45, 2.75) is 60.4 Å². The number of halogens is 1. The largest absolute Gasteiger partial charge is 0.333 e. The topological polar surface area (TPSA) is 55.2 Å². The van der Waals surface area contributed by atoms with E-state index in [0.717, 1.165) is 17.7 Å². The molecule has 1 atom stereocenters. The van der Waals surface area contributed by atoms with Gasteiger partial charge in [-0.3, -0.25) is 14.2 Å². The first-order valence-corrected chi connectivity index (χ1v) is 12.0. The van der Waals surface area contributed by atoms with Crippen LogP contribution in [-0.2, 0) is 4.79 Å². The molecule has 0 saturated heterocycles. The van der Waals surface area contributed by atoms with Crippen LogP contribution >= 0.6 is 11.6 Å². The lowest BCUT2D eigenvalue weighted by Gasteiger charge is -2.32. The summed E-state index contributed by atoms with van der Waals surface area (Å²) in [6.07, 6.45) is 1.33. The van der Waals surface area contributed by atoms with Crippen molar-refractivity contribution in [3.8, 4) is 5.69 Å². The number of aryl methyl sites for hydroxylation is 1. The van der Waals surface area contributed by atoms with E-state index in [2.05, 4.69) is 13.8 Å². The fourth-order valence-electron chi connectivity index (χ4n) is 3.94. The fourth-order valence-corrected chi connectivity index (χ4v) is 4.10. The van der Waals surface area contributed by atoms with Gasteiger partial charge >= 0.3 is 0 Å². The number of aromatic nitrogens is 2. The molecule has 0 aliphatic rings. The summed E-state index contributed by atoms with van der Waals surface area (Å²) in [5.41, 5.74) is 2.21. The van der Waals surface area contributed by atoms with Crippen molar-refractivity contribution in [2.75, 3.05) is 6.54 Å². The highest BCUT2D eigenvalue weighted by Crippen LogP contribution is 2.26. The molecule has 0 spiro atoms. The van der Waals surface area contributed by atoms with Gasteiger partial charge in [0.15, 0.2) is 0 Å². The predicted octanol–water partition coefficient (Wildman–Crippen LogP) is 6.33. The lowest BCUT2D eigenvalue weighted by atomic mass is 10.1. The summed E-state index contributed by atoms with van der Waals surface area (Å²) >= 11 is 6.22. The number of carbonyl (C=O) groups excluding carboxylic acids is 1. The Morgan fingerprint density at radius 3 is 2.30 bits per heavy atom. The summed E-state index contributed by atoms with van der Waals surface area (Å²) in [5.74, 6) is 1.32. The number of amides is 1. The van der Waals surface area contributed by atoms with Crippen LogP contribution in [0.5, 0.6) is 0 Å². The van der Waals surface area contributed by atoms with Crippen LogP contribution in [0.15, 0.2) is 47.3 Å². The molecular weight excluding hydrogens is 434 g/mol. The predicted molar refractivity (Wildman–Crippen MR) is 136 cm³/mol. The van der Waals surface area contributed by atoms with Gasteiger partial charge in [-0.15, -0.1) is 0 Å². The Balaban J connectivity index is 2.22. The van der Waals surface area contributed by atoms with Gasteiger partial charge < -0.3 is 4.90 Å². The van der Waals surface area contributed by atoms with Crippen LogP contribution in [0.3, 0.4) is 0 Å². The average Bonchev–Trinajstić information content (AvgIpc) is 2.73. The smallest absolute Gasteiger partial charge is 0.266 e. The molecule has 2 aromatic carbocycles. The number of rotatable bonds is 8. The number of benzene rings is 2. The standard InChI is InChI=1S/C27H34ClN3O2/c1-17(2)13-14-30(25(32)15-18(3)4)20(6)26-29-24-16-21(28)9-12-23(24)27(33)31(26)22-10-7-19(5)8-11-22/h7-12,16-18,20H,13-15H2,1-6H3. The number of nitrogens with zero attached hydrogens (tertiary/aromatic N) is 3. The Hall–Kier alpha value is -2.66. The van der Waals surface area contributed by atoms with Crippen LogP contribution < -0.4 is 5.56 Å². The quantitative estimate of drug-likeness (QED) is 0.389. The van der Waals surface area contributed by atoms with Crippen LogP contribution in [-0.4, -0.2) is 26.9 Å². The van der Waals surface area contributed by atoms with E-state index in [-0.39, 0.29) is 23.4 Å². The molecule has 1 amide bonds. The Morgan fingerprint density at radius 1 is 1.03 bits per heavy atom. The number of hydrogen-bond acceptors (Lipinski definition) is 3. The van der Waals surface area contributed by atoms with Gasteiger partial charge in [-0.25, -0.2) is 4.98 Å². The molecule has 176 valence electrons. The van der Waals surface area contributed by atoms with E-state index in [9.17, 15) is 9.59 Å². The van der Waals surface area contributed by atoms with Gasteiger partial charge in [-0.2, -0.15) is 0 Å². The van der Waals surface area contributed by atoms with Crippen molar-refractivity contribution in [2.24, 2.45) is 11.8 Å². The number of fused-ring (bicyclic) bond motifs is 1. The highest BCUT2D eigenvalue weighted by molar-refractivity contribution is 6.31. The Labute approximate surface area is 201 Å². The fraction of sp³-hybridized carbons (Fsp3) is 0.444. The van der Waals surface area contributed by atoms with E-state index in [0.29, 0.717) is 40.6 Å².